The Bertz CT molecular complexity index is 1090. The number of amides is 1. The second kappa shape index (κ2) is 7.46. The fraction of sp³-hybridized carbons (Fsp3) is 0.211. The predicted molar refractivity (Wildman–Crippen MR) is 98.0 cm³/mol. The Labute approximate surface area is 154 Å². The smallest absolute Gasteiger partial charge is 0.254 e. The molecule has 0 radical (unpaired) electrons. The molecule has 0 atom stereocenters. The molecule has 8 heteroatoms. The van der Waals surface area contributed by atoms with E-state index in [0.29, 0.717) is 39.4 Å². The molecule has 2 heterocycles. The molecule has 3 N–H and O–H groups in total. The summed E-state index contributed by atoms with van der Waals surface area (Å²) >= 11 is 0. The van der Waals surface area contributed by atoms with Crippen LogP contribution in [-0.2, 0) is 6.61 Å². The average Bonchev–Trinajstić information content (AvgIpc) is 2.68. The minimum Gasteiger partial charge on any atom is -0.497 e. The summed E-state index contributed by atoms with van der Waals surface area (Å²) in [6, 6.07) is 6.62. The number of aliphatic hydroxyl groups excluding tert-OH is 1. The van der Waals surface area contributed by atoms with Gasteiger partial charge in [-0.05, 0) is 25.1 Å². The monoisotopic (exact) mass is 369 g/mol. The Balaban J connectivity index is 2.37. The van der Waals surface area contributed by atoms with Crippen LogP contribution in [0.2, 0.25) is 0 Å². The van der Waals surface area contributed by atoms with Crippen LogP contribution < -0.4 is 20.8 Å². The number of ether oxygens (including phenoxy) is 2. The lowest BCUT2D eigenvalue weighted by atomic mass is 10.1. The molecule has 1 aromatic carbocycles. The van der Waals surface area contributed by atoms with E-state index in [1.807, 2.05) is 0 Å². The van der Waals surface area contributed by atoms with Gasteiger partial charge in [-0.2, -0.15) is 0 Å². The number of carbonyl (C=O) groups is 1. The van der Waals surface area contributed by atoms with Gasteiger partial charge in [-0.25, -0.2) is 4.99 Å². The van der Waals surface area contributed by atoms with Gasteiger partial charge in [-0.15, -0.1) is 0 Å². The van der Waals surface area contributed by atoms with E-state index in [1.165, 1.54) is 20.4 Å². The van der Waals surface area contributed by atoms with Crippen LogP contribution in [-0.4, -0.2) is 30.2 Å². The number of rotatable bonds is 5. The van der Waals surface area contributed by atoms with E-state index in [4.69, 9.17) is 19.6 Å². The number of nitrogens with two attached hydrogens (primary N) is 1. The van der Waals surface area contributed by atoms with Crippen LogP contribution in [0.3, 0.4) is 0 Å². The minimum absolute atomic E-state index is 0.0153. The van der Waals surface area contributed by atoms with E-state index in [2.05, 4.69) is 9.98 Å². The van der Waals surface area contributed by atoms with Crippen LogP contribution in [0.15, 0.2) is 39.9 Å². The third kappa shape index (κ3) is 3.47. The van der Waals surface area contributed by atoms with Gasteiger partial charge < -0.3 is 24.7 Å². The number of hydrogen-bond acceptors (Lipinski definition) is 7. The molecule has 27 heavy (non-hydrogen) atoms. The summed E-state index contributed by atoms with van der Waals surface area (Å²) in [6.45, 7) is 1.50. The molecule has 0 unspecified atom stereocenters. The molecule has 0 bridgehead atoms. The van der Waals surface area contributed by atoms with Crippen LogP contribution >= 0.6 is 0 Å². The number of hydrogen-bond donors (Lipinski definition) is 2. The highest BCUT2D eigenvalue weighted by Gasteiger charge is 2.15. The zero-order valence-corrected chi connectivity index (χ0v) is 15.1. The van der Waals surface area contributed by atoms with E-state index < -0.39 is 5.91 Å². The zero-order valence-electron chi connectivity index (χ0n) is 15.1. The summed E-state index contributed by atoms with van der Waals surface area (Å²) in [5, 5.41) is 10.1. The molecule has 8 nitrogen and oxygen atoms in total. The summed E-state index contributed by atoms with van der Waals surface area (Å²) in [5.41, 5.74) is 7.54. The van der Waals surface area contributed by atoms with Crippen LogP contribution in [0.25, 0.3) is 11.0 Å². The van der Waals surface area contributed by atoms with E-state index in [-0.39, 0.29) is 17.7 Å². The standard InChI is InChI=1S/C19H19N3O5/c1-10-17-13(11(9-23)8-21-10)7-14(18(20)24)19(27-17)22-15-6-12(25-2)4-5-16(15)26-3/h4-8,23H,9H2,1-3H3,(H2,20,24). The van der Waals surface area contributed by atoms with E-state index in [0.717, 1.165) is 0 Å². The molecule has 0 spiro atoms. The molecule has 0 fully saturated rings. The van der Waals surface area contributed by atoms with Crippen molar-refractivity contribution in [3.05, 3.63) is 52.8 Å². The van der Waals surface area contributed by atoms with Crippen LogP contribution in [0, 0.1) is 6.92 Å². The number of methoxy groups -OCH3 is 2. The van der Waals surface area contributed by atoms with Crippen molar-refractivity contribution in [2.45, 2.75) is 13.5 Å². The molecule has 1 amide bonds. The maximum atomic E-state index is 12.0. The van der Waals surface area contributed by atoms with Crippen molar-refractivity contribution in [2.24, 2.45) is 10.7 Å². The molecular formula is C19H19N3O5. The highest BCUT2D eigenvalue weighted by atomic mass is 16.5. The molecule has 140 valence electrons. The van der Waals surface area contributed by atoms with Gasteiger partial charge in [0, 0.05) is 23.2 Å². The lowest BCUT2D eigenvalue weighted by Gasteiger charge is -2.09. The molecule has 0 saturated carbocycles. The Morgan fingerprint density at radius 2 is 2.07 bits per heavy atom. The molecule has 0 aliphatic carbocycles. The van der Waals surface area contributed by atoms with Crippen LogP contribution in [0.5, 0.6) is 11.5 Å². The average molecular weight is 369 g/mol. The van der Waals surface area contributed by atoms with Gasteiger partial charge in [0.15, 0.2) is 5.58 Å². The van der Waals surface area contributed by atoms with E-state index in [9.17, 15) is 9.90 Å². The Kier molecular flexibility index (Phi) is 5.09. The number of carbonyl (C=O) groups excluding carboxylic acids is 1. The number of pyridine rings is 1. The number of fused-ring (bicyclic) bond motifs is 1. The van der Waals surface area contributed by atoms with Crippen LogP contribution in [0.4, 0.5) is 5.69 Å². The second-order valence-corrected chi connectivity index (χ2v) is 5.75. The number of primary amides is 1. The molecule has 0 aliphatic heterocycles. The maximum absolute atomic E-state index is 12.0. The lowest BCUT2D eigenvalue weighted by molar-refractivity contribution is 0.0996. The van der Waals surface area contributed by atoms with Crippen molar-refractivity contribution in [3.63, 3.8) is 0 Å². The molecular weight excluding hydrogens is 350 g/mol. The highest BCUT2D eigenvalue weighted by Crippen LogP contribution is 2.31. The van der Waals surface area contributed by atoms with Crippen molar-refractivity contribution in [3.8, 4) is 11.5 Å². The largest absolute Gasteiger partial charge is 0.497 e. The first-order valence-electron chi connectivity index (χ1n) is 8.08. The van der Waals surface area contributed by atoms with Crippen molar-refractivity contribution in [1.82, 2.24) is 4.98 Å². The molecule has 3 rings (SSSR count). The number of benzene rings is 1. The van der Waals surface area contributed by atoms with Crippen molar-refractivity contribution in [1.29, 1.82) is 0 Å². The summed E-state index contributed by atoms with van der Waals surface area (Å²) in [7, 11) is 3.04. The first-order chi connectivity index (χ1) is 13.0. The first-order valence-corrected chi connectivity index (χ1v) is 8.08. The quantitative estimate of drug-likeness (QED) is 0.709. The Morgan fingerprint density at radius 1 is 1.30 bits per heavy atom. The fourth-order valence-electron chi connectivity index (χ4n) is 2.67. The number of aliphatic hydroxyl groups is 1. The molecule has 3 aromatic rings. The van der Waals surface area contributed by atoms with E-state index >= 15 is 0 Å². The molecule has 2 aromatic heterocycles. The summed E-state index contributed by atoms with van der Waals surface area (Å²) in [4.78, 5) is 20.6. The maximum Gasteiger partial charge on any atom is 0.254 e. The normalized spacial score (nSPS) is 11.6. The van der Waals surface area contributed by atoms with Crippen LogP contribution in [0.1, 0.15) is 21.6 Å². The van der Waals surface area contributed by atoms with Gasteiger partial charge in [0.2, 0.25) is 5.55 Å². The molecule has 0 saturated heterocycles. The zero-order chi connectivity index (χ0) is 19.6. The molecule has 0 aliphatic rings. The SMILES string of the molecule is COc1ccc(OC)c(N=c2oc3c(C)ncc(CO)c3cc2C(N)=O)c1. The highest BCUT2D eigenvalue weighted by molar-refractivity contribution is 5.96. The Morgan fingerprint density at radius 3 is 2.70 bits per heavy atom. The summed E-state index contributed by atoms with van der Waals surface area (Å²) in [5.74, 6) is 0.330. The van der Waals surface area contributed by atoms with Gasteiger partial charge in [0.1, 0.15) is 22.7 Å². The lowest BCUT2D eigenvalue weighted by Crippen LogP contribution is -2.22. The minimum atomic E-state index is -0.709. The predicted octanol–water partition coefficient (Wildman–Crippen LogP) is 1.98. The first kappa shape index (κ1) is 18.4. The third-order valence-corrected chi connectivity index (χ3v) is 4.09. The van der Waals surface area contributed by atoms with E-state index in [1.54, 1.807) is 31.2 Å². The van der Waals surface area contributed by atoms with Crippen molar-refractivity contribution in [2.75, 3.05) is 14.2 Å². The summed E-state index contributed by atoms with van der Waals surface area (Å²) < 4.78 is 16.4. The number of nitrogens with zero attached hydrogens (tertiary/aromatic N) is 2. The van der Waals surface area contributed by atoms with Gasteiger partial charge in [-0.1, -0.05) is 0 Å². The second-order valence-electron chi connectivity index (χ2n) is 5.75. The number of aromatic nitrogens is 1. The topological polar surface area (TPSA) is 120 Å². The van der Waals surface area contributed by atoms with Crippen molar-refractivity contribution >= 4 is 22.6 Å². The van der Waals surface area contributed by atoms with Gasteiger partial charge >= 0.3 is 0 Å². The third-order valence-electron chi connectivity index (χ3n) is 4.09. The fourth-order valence-corrected chi connectivity index (χ4v) is 2.67. The van der Waals surface area contributed by atoms with Gasteiger partial charge in [-0.3, -0.25) is 9.78 Å². The number of aryl methyl sites for hydroxylation is 1. The Hall–Kier alpha value is -3.39. The van der Waals surface area contributed by atoms with Crippen molar-refractivity contribution < 1.29 is 23.8 Å². The van der Waals surface area contributed by atoms with Gasteiger partial charge in [0.05, 0.1) is 26.5 Å². The van der Waals surface area contributed by atoms with Gasteiger partial charge in [0.25, 0.3) is 5.91 Å². The summed E-state index contributed by atoms with van der Waals surface area (Å²) in [6.07, 6.45) is 1.53.